The fourth-order valence-electron chi connectivity index (χ4n) is 4.48. The van der Waals surface area contributed by atoms with Gasteiger partial charge in [-0.15, -0.1) is 0 Å². The summed E-state index contributed by atoms with van der Waals surface area (Å²) in [4.78, 5) is 39.6. The number of ketones is 1. The average Bonchev–Trinajstić information content (AvgIpc) is 2.94. The first-order valence-corrected chi connectivity index (χ1v) is 13.0. The summed E-state index contributed by atoms with van der Waals surface area (Å²) < 4.78 is 10.5. The number of esters is 1. The number of Topliss-reactive ketones (excluding diaryl/α,β-unsaturated/α-hetero) is 1. The predicted molar refractivity (Wildman–Crippen MR) is 151 cm³/mol. The molecule has 3 atom stereocenters. The van der Waals surface area contributed by atoms with E-state index in [2.05, 4.69) is 16.0 Å². The number of thiocarbonyl (C=S) groups is 1. The molecule has 1 aliphatic heterocycles. The molecule has 4 rings (SSSR count). The highest BCUT2D eigenvalue weighted by Crippen LogP contribution is 2.39. The van der Waals surface area contributed by atoms with Crippen molar-refractivity contribution in [1.29, 1.82) is 0 Å². The molecular formula is C29H29N3O7S. The van der Waals surface area contributed by atoms with Crippen LogP contribution in [-0.4, -0.2) is 51.9 Å². The minimum Gasteiger partial charge on any atom is -0.504 e. The number of hydrogen-bond acceptors (Lipinski definition) is 8. The number of rotatable bonds is 9. The van der Waals surface area contributed by atoms with Gasteiger partial charge in [-0.25, -0.2) is 4.79 Å². The molecule has 1 heterocycles. The molecule has 11 heteroatoms. The van der Waals surface area contributed by atoms with E-state index in [-0.39, 0.29) is 46.6 Å². The summed E-state index contributed by atoms with van der Waals surface area (Å²) in [6, 6.07) is 17.7. The molecule has 5 N–H and O–H groups in total. The highest BCUT2D eigenvalue weighted by atomic mass is 32.1. The normalized spacial score (nSPS) is 20.0. The van der Waals surface area contributed by atoms with Crippen molar-refractivity contribution in [2.45, 2.75) is 25.6 Å². The van der Waals surface area contributed by atoms with Crippen LogP contribution in [0.5, 0.6) is 11.5 Å². The second kappa shape index (κ2) is 12.1. The number of amides is 1. The van der Waals surface area contributed by atoms with Crippen LogP contribution in [0.2, 0.25) is 0 Å². The summed E-state index contributed by atoms with van der Waals surface area (Å²) in [5, 5.41) is 30.3. The van der Waals surface area contributed by atoms with Crippen molar-refractivity contribution in [3.63, 3.8) is 0 Å². The van der Waals surface area contributed by atoms with Crippen molar-refractivity contribution in [2.75, 3.05) is 18.5 Å². The number of anilines is 1. The topological polar surface area (TPSA) is 146 Å². The van der Waals surface area contributed by atoms with Crippen LogP contribution < -0.4 is 20.7 Å². The van der Waals surface area contributed by atoms with E-state index in [1.807, 2.05) is 0 Å². The zero-order valence-electron chi connectivity index (χ0n) is 21.8. The minimum atomic E-state index is -2.50. The Balaban J connectivity index is 1.74. The Labute approximate surface area is 236 Å². The van der Waals surface area contributed by atoms with E-state index < -0.39 is 35.3 Å². The molecule has 1 fully saturated rings. The third-order valence-corrected chi connectivity index (χ3v) is 6.58. The molecule has 3 aromatic rings. The lowest BCUT2D eigenvalue weighted by Gasteiger charge is -2.44. The number of ether oxygens (including phenoxy) is 2. The van der Waals surface area contributed by atoms with E-state index in [0.717, 1.165) is 0 Å². The number of hydrogen-bond donors (Lipinski definition) is 5. The molecule has 208 valence electrons. The van der Waals surface area contributed by atoms with E-state index >= 15 is 0 Å². The molecule has 0 saturated carbocycles. The van der Waals surface area contributed by atoms with Gasteiger partial charge in [0.25, 0.3) is 5.91 Å². The molecule has 3 unspecified atom stereocenters. The van der Waals surface area contributed by atoms with Gasteiger partial charge in [0.1, 0.15) is 5.92 Å². The van der Waals surface area contributed by atoms with Gasteiger partial charge < -0.3 is 35.6 Å². The number of nitrogens with one attached hydrogen (secondary N) is 3. The number of aromatic hydroxyl groups is 1. The molecule has 0 radical (unpaired) electrons. The van der Waals surface area contributed by atoms with Crippen LogP contribution in [0.4, 0.5) is 5.69 Å². The highest BCUT2D eigenvalue weighted by Gasteiger charge is 2.55. The fraction of sp³-hybridized carbons (Fsp3) is 0.241. The Morgan fingerprint density at radius 1 is 0.975 bits per heavy atom. The third kappa shape index (κ3) is 5.90. The van der Waals surface area contributed by atoms with Crippen LogP contribution in [0.3, 0.4) is 0 Å². The smallest absolute Gasteiger partial charge is 0.338 e. The van der Waals surface area contributed by atoms with Crippen LogP contribution in [0.25, 0.3) is 0 Å². The van der Waals surface area contributed by atoms with E-state index in [0.29, 0.717) is 5.56 Å². The summed E-state index contributed by atoms with van der Waals surface area (Å²) >= 11 is 5.35. The molecule has 40 heavy (non-hydrogen) atoms. The predicted octanol–water partition coefficient (Wildman–Crippen LogP) is 3.31. The molecular weight excluding hydrogens is 534 g/mol. The zero-order chi connectivity index (χ0) is 28.9. The SMILES string of the molecule is CCOC(=O)c1ccc(NC(=O)C2(O)NC(=S)NC(c3ccc(O)c(OCC)c3)C2C(=O)c2ccccc2)cc1. The van der Waals surface area contributed by atoms with E-state index in [9.17, 15) is 24.6 Å². The van der Waals surface area contributed by atoms with Gasteiger partial charge in [0.05, 0.1) is 24.8 Å². The number of phenols is 1. The summed E-state index contributed by atoms with van der Waals surface area (Å²) in [5.74, 6) is -3.34. The first kappa shape index (κ1) is 28.5. The lowest BCUT2D eigenvalue weighted by Crippen LogP contribution is -2.71. The standard InChI is InChI=1S/C29H29N3O7S/c1-3-38-22-16-19(12-15-21(22)33)24-23(25(34)17-8-6-5-7-9-17)29(37,32-28(40)31-24)27(36)30-20-13-10-18(11-14-20)26(35)39-4-2/h5-16,23-24,33,37H,3-4H2,1-2H3,(H,30,36)(H2,31,32,40). The van der Waals surface area contributed by atoms with Crippen LogP contribution in [0.15, 0.2) is 72.8 Å². The van der Waals surface area contributed by atoms with Gasteiger partial charge in [-0.2, -0.15) is 0 Å². The molecule has 1 aliphatic rings. The number of phenolic OH excluding ortho intramolecular Hbond substituents is 1. The lowest BCUT2D eigenvalue weighted by atomic mass is 9.77. The summed E-state index contributed by atoms with van der Waals surface area (Å²) in [5.41, 5.74) is -1.23. The molecule has 0 spiro atoms. The van der Waals surface area contributed by atoms with Gasteiger partial charge >= 0.3 is 5.97 Å². The molecule has 0 aromatic heterocycles. The summed E-state index contributed by atoms with van der Waals surface area (Å²) in [6.07, 6.45) is 0. The van der Waals surface area contributed by atoms with Crippen LogP contribution >= 0.6 is 12.2 Å². The maximum absolute atomic E-state index is 13.9. The van der Waals surface area contributed by atoms with Gasteiger partial charge in [0.15, 0.2) is 22.4 Å². The van der Waals surface area contributed by atoms with E-state index in [1.165, 1.54) is 36.4 Å². The Morgan fingerprint density at radius 3 is 2.33 bits per heavy atom. The Morgan fingerprint density at radius 2 is 1.68 bits per heavy atom. The number of carbonyl (C=O) groups is 3. The number of aliphatic hydroxyl groups is 1. The first-order chi connectivity index (χ1) is 19.2. The summed E-state index contributed by atoms with van der Waals surface area (Å²) in [7, 11) is 0. The third-order valence-electron chi connectivity index (χ3n) is 6.36. The van der Waals surface area contributed by atoms with Gasteiger partial charge in [0, 0.05) is 11.3 Å². The summed E-state index contributed by atoms with van der Waals surface area (Å²) in [6.45, 7) is 3.95. The zero-order valence-corrected chi connectivity index (χ0v) is 22.7. The Kier molecular flexibility index (Phi) is 8.66. The average molecular weight is 564 g/mol. The molecule has 0 aliphatic carbocycles. The second-order valence-corrected chi connectivity index (χ2v) is 9.37. The minimum absolute atomic E-state index is 0.0662. The fourth-order valence-corrected chi connectivity index (χ4v) is 4.76. The first-order valence-electron chi connectivity index (χ1n) is 12.6. The van der Waals surface area contributed by atoms with Gasteiger partial charge in [0.2, 0.25) is 5.72 Å². The monoisotopic (exact) mass is 563 g/mol. The van der Waals surface area contributed by atoms with Gasteiger partial charge in [-0.05, 0) is 68.0 Å². The van der Waals surface area contributed by atoms with Crippen LogP contribution in [0, 0.1) is 5.92 Å². The Bertz CT molecular complexity index is 1410. The van der Waals surface area contributed by atoms with Crippen molar-refractivity contribution in [3.8, 4) is 11.5 Å². The van der Waals surface area contributed by atoms with Gasteiger partial charge in [-0.3, -0.25) is 9.59 Å². The number of benzene rings is 3. The quantitative estimate of drug-likeness (QED) is 0.149. The number of carbonyl (C=O) groups excluding carboxylic acids is 3. The van der Waals surface area contributed by atoms with E-state index in [4.69, 9.17) is 21.7 Å². The highest BCUT2D eigenvalue weighted by molar-refractivity contribution is 7.80. The van der Waals surface area contributed by atoms with Crippen molar-refractivity contribution >= 4 is 40.7 Å². The van der Waals surface area contributed by atoms with Crippen molar-refractivity contribution < 1.29 is 34.1 Å². The molecule has 1 amide bonds. The van der Waals surface area contributed by atoms with Gasteiger partial charge in [-0.1, -0.05) is 36.4 Å². The Hall–Kier alpha value is -4.48. The van der Waals surface area contributed by atoms with Crippen molar-refractivity contribution in [1.82, 2.24) is 10.6 Å². The van der Waals surface area contributed by atoms with Crippen molar-refractivity contribution in [2.24, 2.45) is 5.92 Å². The molecule has 3 aromatic carbocycles. The van der Waals surface area contributed by atoms with Crippen molar-refractivity contribution in [3.05, 3.63) is 89.5 Å². The van der Waals surface area contributed by atoms with Crippen LogP contribution in [0.1, 0.15) is 46.2 Å². The second-order valence-electron chi connectivity index (χ2n) is 8.96. The molecule has 1 saturated heterocycles. The largest absolute Gasteiger partial charge is 0.504 e. The lowest BCUT2D eigenvalue weighted by molar-refractivity contribution is -0.143. The van der Waals surface area contributed by atoms with E-state index in [1.54, 1.807) is 50.2 Å². The maximum Gasteiger partial charge on any atom is 0.338 e. The maximum atomic E-state index is 13.9. The molecule has 10 nitrogen and oxygen atoms in total. The molecule has 0 bridgehead atoms. The van der Waals surface area contributed by atoms with Crippen LogP contribution in [-0.2, 0) is 9.53 Å².